The second-order valence-corrected chi connectivity index (χ2v) is 5.36. The molecule has 1 fully saturated rings. The van der Waals surface area contributed by atoms with Gasteiger partial charge < -0.3 is 0 Å². The molecule has 0 saturated heterocycles. The van der Waals surface area contributed by atoms with Crippen molar-refractivity contribution in [3.05, 3.63) is 47.3 Å². The third kappa shape index (κ3) is 2.47. The van der Waals surface area contributed by atoms with Crippen LogP contribution in [0.1, 0.15) is 30.4 Å². The Labute approximate surface area is 124 Å². The molecule has 0 bridgehead atoms. The summed E-state index contributed by atoms with van der Waals surface area (Å²) >= 11 is 6.08. The highest BCUT2D eigenvalue weighted by Gasteiger charge is 2.40. The van der Waals surface area contributed by atoms with Crippen LogP contribution in [-0.2, 0) is 9.59 Å². The van der Waals surface area contributed by atoms with E-state index < -0.39 is 17.8 Å². The van der Waals surface area contributed by atoms with E-state index in [1.807, 2.05) is 0 Å². The van der Waals surface area contributed by atoms with Crippen molar-refractivity contribution in [1.82, 2.24) is 14.8 Å². The lowest BCUT2D eigenvalue weighted by Crippen LogP contribution is -2.35. The van der Waals surface area contributed by atoms with Crippen molar-refractivity contribution in [2.24, 2.45) is 0 Å². The zero-order valence-electron chi connectivity index (χ0n) is 10.9. The second kappa shape index (κ2) is 5.37. The fourth-order valence-corrected chi connectivity index (χ4v) is 3.07. The van der Waals surface area contributed by atoms with Crippen LogP contribution in [0.3, 0.4) is 0 Å². The van der Waals surface area contributed by atoms with Crippen molar-refractivity contribution in [2.75, 3.05) is 0 Å². The molecule has 1 aromatic carbocycles. The van der Waals surface area contributed by atoms with Gasteiger partial charge in [-0.1, -0.05) is 17.7 Å². The highest BCUT2D eigenvalue weighted by atomic mass is 35.5. The predicted octanol–water partition coefficient (Wildman–Crippen LogP) is 2.33. The van der Waals surface area contributed by atoms with Crippen LogP contribution in [0.25, 0.3) is 0 Å². The zero-order chi connectivity index (χ0) is 15.0. The third-order valence-electron chi connectivity index (χ3n) is 3.62. The van der Waals surface area contributed by atoms with Crippen LogP contribution in [0.2, 0.25) is 5.02 Å². The van der Waals surface area contributed by atoms with E-state index >= 15 is 0 Å². The number of carbonyl (C=O) groups excluding carboxylic acids is 2. The summed E-state index contributed by atoms with van der Waals surface area (Å²) in [6, 6.07) is 3.53. The first-order valence-electron chi connectivity index (χ1n) is 6.40. The lowest BCUT2D eigenvalue weighted by atomic mass is 9.78. The molecule has 0 radical (unpaired) electrons. The molecule has 0 N–H and O–H groups in total. The van der Waals surface area contributed by atoms with E-state index in [0.29, 0.717) is 0 Å². The van der Waals surface area contributed by atoms with Crippen molar-refractivity contribution in [3.63, 3.8) is 0 Å². The van der Waals surface area contributed by atoms with Gasteiger partial charge in [-0.05, 0) is 12.1 Å². The van der Waals surface area contributed by atoms with Crippen molar-refractivity contribution in [2.45, 2.75) is 24.8 Å². The van der Waals surface area contributed by atoms with E-state index in [1.54, 1.807) is 6.07 Å². The quantitative estimate of drug-likeness (QED) is 0.799. The zero-order valence-corrected chi connectivity index (χ0v) is 11.6. The molecule has 5 nitrogen and oxygen atoms in total. The molecule has 1 saturated carbocycles. The fraction of sp³-hybridized carbons (Fsp3) is 0.286. The summed E-state index contributed by atoms with van der Waals surface area (Å²) in [5.41, 5.74) is 0.182. The summed E-state index contributed by atoms with van der Waals surface area (Å²) < 4.78 is 15.5. The van der Waals surface area contributed by atoms with Gasteiger partial charge in [0.05, 0.1) is 6.42 Å². The Hall–Kier alpha value is -2.08. The van der Waals surface area contributed by atoms with Crippen molar-refractivity contribution >= 4 is 23.2 Å². The second-order valence-electron chi connectivity index (χ2n) is 4.95. The topological polar surface area (TPSA) is 64.8 Å². The molecule has 1 heterocycles. The van der Waals surface area contributed by atoms with E-state index in [-0.39, 0.29) is 35.0 Å². The van der Waals surface area contributed by atoms with E-state index in [1.165, 1.54) is 29.5 Å². The minimum atomic E-state index is -0.764. The van der Waals surface area contributed by atoms with Gasteiger partial charge in [0.25, 0.3) is 0 Å². The first-order chi connectivity index (χ1) is 10.1. The summed E-state index contributed by atoms with van der Waals surface area (Å²) in [6.07, 6.45) is 2.56. The van der Waals surface area contributed by atoms with Gasteiger partial charge in [-0.3, -0.25) is 9.59 Å². The van der Waals surface area contributed by atoms with Crippen molar-refractivity contribution in [3.8, 4) is 0 Å². The minimum absolute atomic E-state index is 0.0525. The van der Waals surface area contributed by atoms with Crippen LogP contribution in [0.5, 0.6) is 0 Å². The van der Waals surface area contributed by atoms with Gasteiger partial charge >= 0.3 is 0 Å². The maximum atomic E-state index is 14.2. The van der Waals surface area contributed by atoms with E-state index in [0.717, 1.165) is 0 Å². The number of Topliss-reactive ketones (excluding diaryl/α,β-unsaturated/α-hetero) is 2. The number of ketones is 2. The summed E-state index contributed by atoms with van der Waals surface area (Å²) in [6.45, 7) is 0. The van der Waals surface area contributed by atoms with Crippen LogP contribution in [0.4, 0.5) is 4.39 Å². The summed E-state index contributed by atoms with van der Waals surface area (Å²) in [5.74, 6) is -1.73. The van der Waals surface area contributed by atoms with E-state index in [9.17, 15) is 14.0 Å². The molecule has 21 heavy (non-hydrogen) atoms. The average molecular weight is 308 g/mol. The Bertz CT molecular complexity index is 682. The first kappa shape index (κ1) is 13.9. The first-order valence-corrected chi connectivity index (χ1v) is 6.78. The highest BCUT2D eigenvalue weighted by Crippen LogP contribution is 2.41. The predicted molar refractivity (Wildman–Crippen MR) is 72.5 cm³/mol. The standard InChI is InChI=1S/C14H11ClFN3O2/c15-10-2-1-3-11(16)13(10)9-4-8(20)5-12(21)14(9)19-7-17-6-18-19/h1-3,6-7,9,14H,4-5H2/t9-,14-/m1/s1. The number of nitrogens with zero attached hydrogens (tertiary/aromatic N) is 3. The Morgan fingerprint density at radius 2 is 2.14 bits per heavy atom. The SMILES string of the molecule is O=C1CC(=O)[C@H](n2cncn2)[C@@H](c2c(F)cccc2Cl)C1. The molecule has 1 aliphatic carbocycles. The summed E-state index contributed by atoms with van der Waals surface area (Å²) in [7, 11) is 0. The molecule has 2 atom stereocenters. The van der Waals surface area contributed by atoms with Crippen LogP contribution < -0.4 is 0 Å². The smallest absolute Gasteiger partial charge is 0.165 e. The normalized spacial score (nSPS) is 22.6. The molecular weight excluding hydrogens is 297 g/mol. The maximum Gasteiger partial charge on any atom is 0.165 e. The van der Waals surface area contributed by atoms with Crippen LogP contribution in [0, 0.1) is 5.82 Å². The van der Waals surface area contributed by atoms with Crippen molar-refractivity contribution < 1.29 is 14.0 Å². The number of halogens is 2. The Kier molecular flexibility index (Phi) is 3.55. The third-order valence-corrected chi connectivity index (χ3v) is 3.95. The highest BCUT2D eigenvalue weighted by molar-refractivity contribution is 6.31. The van der Waals surface area contributed by atoms with Gasteiger partial charge in [0.15, 0.2) is 5.78 Å². The van der Waals surface area contributed by atoms with Crippen molar-refractivity contribution in [1.29, 1.82) is 0 Å². The number of hydrogen-bond acceptors (Lipinski definition) is 4. The van der Waals surface area contributed by atoms with Gasteiger partial charge in [0.1, 0.15) is 30.3 Å². The minimum Gasteiger partial charge on any atom is -0.299 e. The molecule has 0 aliphatic heterocycles. The van der Waals surface area contributed by atoms with Gasteiger partial charge in [-0.15, -0.1) is 0 Å². The fourth-order valence-electron chi connectivity index (χ4n) is 2.77. The molecule has 2 aromatic rings. The molecule has 0 unspecified atom stereocenters. The van der Waals surface area contributed by atoms with Gasteiger partial charge in [0, 0.05) is 22.9 Å². The summed E-state index contributed by atoms with van der Waals surface area (Å²) in [4.78, 5) is 27.8. The number of rotatable bonds is 2. The molecule has 1 aromatic heterocycles. The number of aromatic nitrogens is 3. The molecular formula is C14H11ClFN3O2. The number of hydrogen-bond donors (Lipinski definition) is 0. The summed E-state index contributed by atoms with van der Waals surface area (Å²) in [5, 5.41) is 4.16. The lowest BCUT2D eigenvalue weighted by Gasteiger charge is -2.30. The number of carbonyl (C=O) groups is 2. The van der Waals surface area contributed by atoms with Crippen LogP contribution >= 0.6 is 11.6 Å². The van der Waals surface area contributed by atoms with Gasteiger partial charge in [-0.2, -0.15) is 5.10 Å². The average Bonchev–Trinajstić information content (AvgIpc) is 2.91. The lowest BCUT2D eigenvalue weighted by molar-refractivity contribution is -0.133. The maximum absolute atomic E-state index is 14.2. The van der Waals surface area contributed by atoms with Crippen LogP contribution in [-0.4, -0.2) is 26.3 Å². The largest absolute Gasteiger partial charge is 0.299 e. The van der Waals surface area contributed by atoms with E-state index in [2.05, 4.69) is 10.1 Å². The molecule has 3 rings (SSSR count). The molecule has 0 spiro atoms. The molecule has 1 aliphatic rings. The number of benzene rings is 1. The Morgan fingerprint density at radius 3 is 2.81 bits per heavy atom. The van der Waals surface area contributed by atoms with E-state index in [4.69, 9.17) is 11.6 Å². The molecule has 7 heteroatoms. The van der Waals surface area contributed by atoms with Gasteiger partial charge in [0.2, 0.25) is 0 Å². The Balaban J connectivity index is 2.12. The van der Waals surface area contributed by atoms with Gasteiger partial charge in [-0.25, -0.2) is 14.1 Å². The monoisotopic (exact) mass is 307 g/mol. The van der Waals surface area contributed by atoms with Crippen LogP contribution in [0.15, 0.2) is 30.9 Å². The molecule has 108 valence electrons. The Morgan fingerprint density at radius 1 is 1.33 bits per heavy atom. The molecule has 0 amide bonds.